The first-order valence-corrected chi connectivity index (χ1v) is 11.3. The van der Waals surface area contributed by atoms with Crippen molar-refractivity contribution in [2.24, 2.45) is 11.3 Å². The molecule has 2 spiro atoms. The number of benzene rings is 1. The molecule has 1 aromatic carbocycles. The highest BCUT2D eigenvalue weighted by atomic mass is 16.6. The van der Waals surface area contributed by atoms with Crippen LogP contribution in [0.5, 0.6) is 11.5 Å². The van der Waals surface area contributed by atoms with Crippen molar-refractivity contribution in [2.45, 2.75) is 68.1 Å². The second-order valence-corrected chi connectivity index (χ2v) is 10.4. The maximum atomic E-state index is 13.6. The Hall–Kier alpha value is -1.59. The number of ether oxygens (including phenoxy) is 3. The first-order valence-electron chi connectivity index (χ1n) is 11.3. The van der Waals surface area contributed by atoms with E-state index in [1.807, 2.05) is 0 Å². The van der Waals surface area contributed by atoms with Gasteiger partial charge in [0.15, 0.2) is 22.9 Å². The van der Waals surface area contributed by atoms with Crippen LogP contribution in [-0.4, -0.2) is 55.7 Å². The van der Waals surface area contributed by atoms with Crippen LogP contribution in [0.25, 0.3) is 0 Å². The van der Waals surface area contributed by atoms with Crippen molar-refractivity contribution in [3.63, 3.8) is 0 Å². The van der Waals surface area contributed by atoms with Crippen LogP contribution in [0.4, 0.5) is 0 Å². The molecule has 0 unspecified atom stereocenters. The summed E-state index contributed by atoms with van der Waals surface area (Å²) in [6, 6.07) is 4.76. The van der Waals surface area contributed by atoms with E-state index in [0.717, 1.165) is 49.6 Å². The number of hydrogen-bond acceptors (Lipinski definition) is 5. The van der Waals surface area contributed by atoms with Crippen molar-refractivity contribution in [1.29, 1.82) is 0 Å². The Labute approximate surface area is 171 Å². The molecule has 0 amide bonds. The van der Waals surface area contributed by atoms with Crippen molar-refractivity contribution in [3.8, 4) is 11.5 Å². The number of likely N-dealkylation sites (tertiary alicyclic amines) is 1. The fraction of sp³-hybridized carbons (Fsp3) is 0.708. The van der Waals surface area contributed by atoms with Gasteiger partial charge < -0.3 is 14.2 Å². The summed E-state index contributed by atoms with van der Waals surface area (Å²) >= 11 is 0. The minimum atomic E-state index is -0.802. The summed E-state index contributed by atoms with van der Waals surface area (Å²) in [5.41, 5.74) is 1.83. The Kier molecular flexibility index (Phi) is 3.06. The number of ketones is 1. The Morgan fingerprint density at radius 1 is 1.21 bits per heavy atom. The van der Waals surface area contributed by atoms with Crippen LogP contribution in [0.2, 0.25) is 0 Å². The van der Waals surface area contributed by atoms with Crippen LogP contribution < -0.4 is 9.47 Å². The molecule has 2 heterocycles. The highest BCUT2D eigenvalue weighted by Crippen LogP contribution is 2.74. The van der Waals surface area contributed by atoms with E-state index in [1.54, 1.807) is 14.2 Å². The molecule has 5 nitrogen and oxygen atoms in total. The molecule has 8 rings (SSSR count). The third-order valence-corrected chi connectivity index (χ3v) is 9.60. The molecule has 5 fully saturated rings. The Balaban J connectivity index is 1.50. The molecule has 29 heavy (non-hydrogen) atoms. The summed E-state index contributed by atoms with van der Waals surface area (Å²) < 4.78 is 18.5. The monoisotopic (exact) mass is 395 g/mol. The predicted molar refractivity (Wildman–Crippen MR) is 107 cm³/mol. The number of hydrogen-bond donors (Lipinski definition) is 0. The lowest BCUT2D eigenvalue weighted by molar-refractivity contribution is -0.237. The molecular weight excluding hydrogens is 366 g/mol. The lowest BCUT2D eigenvalue weighted by atomic mass is 9.36. The van der Waals surface area contributed by atoms with Crippen LogP contribution in [-0.2, 0) is 21.4 Å². The summed E-state index contributed by atoms with van der Waals surface area (Å²) in [7, 11) is 3.42. The van der Waals surface area contributed by atoms with Gasteiger partial charge in [-0.2, -0.15) is 0 Å². The SMILES string of the molecule is COc1ccc2c3c1O[C@@H]1[C@]34CCN(CC3CC3)[C@H](C2)[C@]42CC[C@@]1(OC)C(=O)C2. The maximum Gasteiger partial charge on any atom is 0.169 e. The van der Waals surface area contributed by atoms with Crippen LogP contribution in [0.15, 0.2) is 12.1 Å². The number of Topliss-reactive ketones (excluding diaryl/α,β-unsaturated/α-hetero) is 1. The van der Waals surface area contributed by atoms with Gasteiger partial charge in [-0.05, 0) is 62.6 Å². The van der Waals surface area contributed by atoms with Gasteiger partial charge in [0.25, 0.3) is 0 Å². The van der Waals surface area contributed by atoms with Crippen molar-refractivity contribution >= 4 is 5.78 Å². The van der Waals surface area contributed by atoms with E-state index in [1.165, 1.54) is 30.5 Å². The zero-order valence-electron chi connectivity index (χ0n) is 17.3. The van der Waals surface area contributed by atoms with E-state index < -0.39 is 5.60 Å². The largest absolute Gasteiger partial charge is 0.493 e. The summed E-state index contributed by atoms with van der Waals surface area (Å²) in [5.74, 6) is 2.83. The molecule has 2 aliphatic heterocycles. The topological polar surface area (TPSA) is 48.0 Å². The van der Waals surface area contributed by atoms with Gasteiger partial charge in [0.2, 0.25) is 0 Å². The van der Waals surface area contributed by atoms with Gasteiger partial charge in [0.1, 0.15) is 6.10 Å². The minimum absolute atomic E-state index is 0.0210. The lowest BCUT2D eigenvalue weighted by Gasteiger charge is -2.71. The number of nitrogens with zero attached hydrogens (tertiary/aromatic N) is 1. The first-order chi connectivity index (χ1) is 14.1. The standard InChI is InChI=1S/C24H29NO4/c1-27-16-6-5-15-11-17-22-7-8-24(28-2,18(26)12-22)21-23(22,19(15)20(16)29-21)9-10-25(17)13-14-3-4-14/h5-6,14,17,21H,3-4,7-13H2,1-2H3/t17-,21-,22-,23+,24-/m1/s1. The fourth-order valence-corrected chi connectivity index (χ4v) is 8.24. The van der Waals surface area contributed by atoms with Crippen molar-refractivity contribution in [1.82, 2.24) is 4.90 Å². The van der Waals surface area contributed by atoms with E-state index in [9.17, 15) is 4.79 Å². The van der Waals surface area contributed by atoms with Crippen LogP contribution in [0.1, 0.15) is 49.7 Å². The molecule has 0 N–H and O–H groups in total. The highest BCUT2D eigenvalue weighted by molar-refractivity contribution is 5.93. The third-order valence-electron chi connectivity index (χ3n) is 9.60. The van der Waals surface area contributed by atoms with E-state index in [2.05, 4.69) is 17.0 Å². The number of carbonyl (C=O) groups is 1. The van der Waals surface area contributed by atoms with E-state index >= 15 is 0 Å². The van der Waals surface area contributed by atoms with E-state index in [-0.39, 0.29) is 22.7 Å². The van der Waals surface area contributed by atoms with Crippen LogP contribution >= 0.6 is 0 Å². The summed E-state index contributed by atoms with van der Waals surface area (Å²) in [6.45, 7) is 2.31. The highest BCUT2D eigenvalue weighted by Gasteiger charge is 2.81. The zero-order chi connectivity index (χ0) is 19.6. The molecule has 7 aliphatic rings. The number of methoxy groups -OCH3 is 2. The third kappa shape index (κ3) is 1.69. The lowest BCUT2D eigenvalue weighted by Crippen LogP contribution is -2.81. The Morgan fingerprint density at radius 2 is 2.07 bits per heavy atom. The first kappa shape index (κ1) is 17.1. The molecule has 154 valence electrons. The predicted octanol–water partition coefficient (Wildman–Crippen LogP) is 2.87. The summed E-state index contributed by atoms with van der Waals surface area (Å²) in [6.07, 6.45) is 7.11. The molecule has 4 bridgehead atoms. The minimum Gasteiger partial charge on any atom is -0.493 e. The molecule has 4 saturated carbocycles. The summed E-state index contributed by atoms with van der Waals surface area (Å²) in [5, 5.41) is 0. The molecule has 0 aromatic heterocycles. The molecule has 0 radical (unpaired) electrons. The molecule has 5 aliphatic carbocycles. The average Bonchev–Trinajstić information content (AvgIpc) is 3.47. The number of fused-ring (bicyclic) bond motifs is 2. The average molecular weight is 395 g/mol. The van der Waals surface area contributed by atoms with Gasteiger partial charge in [0, 0.05) is 42.5 Å². The van der Waals surface area contributed by atoms with Crippen LogP contribution in [0.3, 0.4) is 0 Å². The molecule has 5 atom stereocenters. The number of rotatable bonds is 4. The quantitative estimate of drug-likeness (QED) is 0.785. The van der Waals surface area contributed by atoms with Gasteiger partial charge in [0.05, 0.1) is 7.11 Å². The molecule has 1 saturated heterocycles. The van der Waals surface area contributed by atoms with E-state index in [0.29, 0.717) is 12.5 Å². The van der Waals surface area contributed by atoms with Gasteiger partial charge in [-0.25, -0.2) is 0 Å². The Bertz CT molecular complexity index is 941. The maximum absolute atomic E-state index is 13.6. The zero-order valence-corrected chi connectivity index (χ0v) is 17.3. The van der Waals surface area contributed by atoms with Gasteiger partial charge in [-0.3, -0.25) is 9.69 Å². The van der Waals surface area contributed by atoms with Gasteiger partial charge >= 0.3 is 0 Å². The van der Waals surface area contributed by atoms with Crippen molar-refractivity contribution < 1.29 is 19.0 Å². The second-order valence-electron chi connectivity index (χ2n) is 10.4. The van der Waals surface area contributed by atoms with E-state index in [4.69, 9.17) is 14.2 Å². The number of carbonyl (C=O) groups excluding carboxylic acids is 1. The van der Waals surface area contributed by atoms with Crippen molar-refractivity contribution in [3.05, 3.63) is 23.3 Å². The second kappa shape index (κ2) is 5.17. The molecule has 5 heteroatoms. The molecule has 1 aromatic rings. The fourth-order valence-electron chi connectivity index (χ4n) is 8.24. The Morgan fingerprint density at radius 3 is 2.79 bits per heavy atom. The van der Waals surface area contributed by atoms with Gasteiger partial charge in [-0.15, -0.1) is 0 Å². The normalized spacial score (nSPS) is 43.9. The smallest absolute Gasteiger partial charge is 0.169 e. The van der Waals surface area contributed by atoms with Crippen LogP contribution in [0, 0.1) is 11.3 Å². The summed E-state index contributed by atoms with van der Waals surface area (Å²) in [4.78, 5) is 16.3. The number of piperidine rings is 1. The van der Waals surface area contributed by atoms with Crippen molar-refractivity contribution in [2.75, 3.05) is 27.3 Å². The molecular formula is C24H29NO4. The van der Waals surface area contributed by atoms with Gasteiger partial charge in [-0.1, -0.05) is 6.07 Å².